The minimum absolute atomic E-state index is 0.122. The molecule has 1 atom stereocenters. The predicted octanol–water partition coefficient (Wildman–Crippen LogP) is 1.31. The summed E-state index contributed by atoms with van der Waals surface area (Å²) >= 11 is 5.79. The first-order valence-electron chi connectivity index (χ1n) is 4.03. The molecule has 0 heterocycles. The maximum absolute atomic E-state index is 12.6. The van der Waals surface area contributed by atoms with Gasteiger partial charge in [-0.1, -0.05) is 17.7 Å². The smallest absolute Gasteiger partial charge is 0.124 e. The van der Waals surface area contributed by atoms with Crippen LogP contribution in [0, 0.1) is 5.82 Å². The zero-order valence-corrected chi connectivity index (χ0v) is 7.89. The van der Waals surface area contributed by atoms with E-state index < -0.39 is 0 Å². The van der Waals surface area contributed by atoms with Crippen LogP contribution in [-0.2, 0) is 6.42 Å². The topological polar surface area (TPSA) is 52.0 Å². The van der Waals surface area contributed by atoms with E-state index in [1.54, 1.807) is 6.07 Å². The number of halogens is 2. The minimum Gasteiger partial charge on any atom is -0.329 e. The minimum atomic E-state index is -0.338. The Bertz CT molecular complexity index is 291. The second kappa shape index (κ2) is 4.56. The Balaban J connectivity index is 2.77. The zero-order valence-electron chi connectivity index (χ0n) is 7.13. The molecule has 0 aliphatic carbocycles. The summed E-state index contributed by atoms with van der Waals surface area (Å²) in [6.07, 6.45) is 0.579. The number of nitrogens with two attached hydrogens (primary N) is 2. The van der Waals surface area contributed by atoms with Crippen molar-refractivity contribution in [3.05, 3.63) is 34.6 Å². The van der Waals surface area contributed by atoms with Crippen LogP contribution in [0.1, 0.15) is 5.56 Å². The van der Waals surface area contributed by atoms with Gasteiger partial charge in [0.1, 0.15) is 5.82 Å². The third kappa shape index (κ3) is 2.95. The van der Waals surface area contributed by atoms with Crippen LogP contribution in [0.5, 0.6) is 0 Å². The number of hydrogen-bond acceptors (Lipinski definition) is 2. The Morgan fingerprint density at radius 3 is 2.69 bits per heavy atom. The van der Waals surface area contributed by atoms with E-state index in [2.05, 4.69) is 0 Å². The summed E-state index contributed by atoms with van der Waals surface area (Å²) in [5.41, 5.74) is 11.8. The van der Waals surface area contributed by atoms with Crippen molar-refractivity contribution in [1.82, 2.24) is 0 Å². The van der Waals surface area contributed by atoms with Crippen LogP contribution in [0.4, 0.5) is 4.39 Å². The van der Waals surface area contributed by atoms with Gasteiger partial charge in [-0.15, -0.1) is 0 Å². The van der Waals surface area contributed by atoms with E-state index in [0.29, 0.717) is 18.0 Å². The lowest BCUT2D eigenvalue weighted by molar-refractivity contribution is 0.624. The van der Waals surface area contributed by atoms with Crippen LogP contribution in [0.15, 0.2) is 18.2 Å². The highest BCUT2D eigenvalue weighted by Crippen LogP contribution is 2.18. The average molecular weight is 203 g/mol. The van der Waals surface area contributed by atoms with Gasteiger partial charge in [0.2, 0.25) is 0 Å². The molecular formula is C9H12ClFN2. The van der Waals surface area contributed by atoms with Gasteiger partial charge in [-0.3, -0.25) is 0 Å². The largest absolute Gasteiger partial charge is 0.329 e. The normalized spacial score (nSPS) is 12.9. The van der Waals surface area contributed by atoms with Gasteiger partial charge in [0.25, 0.3) is 0 Å². The molecule has 1 aromatic rings. The number of benzene rings is 1. The van der Waals surface area contributed by atoms with Crippen molar-refractivity contribution in [1.29, 1.82) is 0 Å². The lowest BCUT2D eigenvalue weighted by Gasteiger charge is -2.09. The van der Waals surface area contributed by atoms with Crippen molar-refractivity contribution < 1.29 is 4.39 Å². The van der Waals surface area contributed by atoms with Gasteiger partial charge >= 0.3 is 0 Å². The molecule has 72 valence electrons. The lowest BCUT2D eigenvalue weighted by atomic mass is 10.1. The van der Waals surface area contributed by atoms with Crippen LogP contribution in [0.3, 0.4) is 0 Å². The van der Waals surface area contributed by atoms with Crippen LogP contribution >= 0.6 is 11.6 Å². The summed E-state index contributed by atoms with van der Waals surface area (Å²) in [6.45, 7) is 0.397. The van der Waals surface area contributed by atoms with Gasteiger partial charge in [0.05, 0.1) is 0 Å². The molecule has 1 rings (SSSR count). The zero-order chi connectivity index (χ0) is 9.84. The quantitative estimate of drug-likeness (QED) is 0.777. The summed E-state index contributed by atoms with van der Waals surface area (Å²) < 4.78 is 12.6. The first-order chi connectivity index (χ1) is 6.13. The van der Waals surface area contributed by atoms with Gasteiger partial charge in [0, 0.05) is 17.6 Å². The van der Waals surface area contributed by atoms with E-state index in [9.17, 15) is 4.39 Å². The van der Waals surface area contributed by atoms with Crippen molar-refractivity contribution >= 4 is 11.6 Å². The standard InChI is InChI=1S/C9H12ClFN2/c10-9-4-7(11)2-1-6(9)3-8(13)5-12/h1-2,4,8H,3,5,12-13H2. The molecule has 0 aliphatic rings. The lowest BCUT2D eigenvalue weighted by Crippen LogP contribution is -2.31. The van der Waals surface area contributed by atoms with Crippen LogP contribution in [0.25, 0.3) is 0 Å². The van der Waals surface area contributed by atoms with E-state index >= 15 is 0 Å². The molecule has 0 radical (unpaired) electrons. The molecule has 0 spiro atoms. The Hall–Kier alpha value is -0.640. The SMILES string of the molecule is NCC(N)Cc1ccc(F)cc1Cl. The van der Waals surface area contributed by atoms with E-state index in [0.717, 1.165) is 5.56 Å². The Labute approximate surface area is 81.7 Å². The van der Waals surface area contributed by atoms with E-state index in [1.165, 1.54) is 12.1 Å². The number of rotatable bonds is 3. The van der Waals surface area contributed by atoms with Crippen LogP contribution in [0.2, 0.25) is 5.02 Å². The van der Waals surface area contributed by atoms with E-state index in [-0.39, 0.29) is 11.9 Å². The molecule has 13 heavy (non-hydrogen) atoms. The fraction of sp³-hybridized carbons (Fsp3) is 0.333. The van der Waals surface area contributed by atoms with E-state index in [4.69, 9.17) is 23.1 Å². The molecule has 1 aromatic carbocycles. The highest BCUT2D eigenvalue weighted by Gasteiger charge is 2.06. The first-order valence-corrected chi connectivity index (χ1v) is 4.41. The maximum atomic E-state index is 12.6. The van der Waals surface area contributed by atoms with Crippen LogP contribution < -0.4 is 11.5 Å². The molecule has 0 saturated heterocycles. The van der Waals surface area contributed by atoms with Crippen LogP contribution in [-0.4, -0.2) is 12.6 Å². The third-order valence-electron chi connectivity index (χ3n) is 1.80. The second-order valence-corrected chi connectivity index (χ2v) is 3.34. The second-order valence-electron chi connectivity index (χ2n) is 2.94. The summed E-state index contributed by atoms with van der Waals surface area (Å²) in [5, 5.41) is 0.406. The first kappa shape index (κ1) is 10.4. The van der Waals surface area contributed by atoms with Crippen molar-refractivity contribution in [3.63, 3.8) is 0 Å². The van der Waals surface area contributed by atoms with E-state index in [1.807, 2.05) is 0 Å². The summed E-state index contributed by atoms with van der Waals surface area (Å²) in [7, 11) is 0. The maximum Gasteiger partial charge on any atom is 0.124 e. The van der Waals surface area contributed by atoms with Gasteiger partial charge in [-0.2, -0.15) is 0 Å². The molecule has 0 aliphatic heterocycles. The molecule has 4 heteroatoms. The summed E-state index contributed by atoms with van der Waals surface area (Å²) in [5.74, 6) is -0.338. The summed E-state index contributed by atoms with van der Waals surface area (Å²) in [6, 6.07) is 4.15. The fourth-order valence-electron chi connectivity index (χ4n) is 1.05. The Morgan fingerprint density at radius 2 is 2.15 bits per heavy atom. The molecule has 1 unspecified atom stereocenters. The highest BCUT2D eigenvalue weighted by atomic mass is 35.5. The molecule has 0 bridgehead atoms. The van der Waals surface area contributed by atoms with Gasteiger partial charge in [0.15, 0.2) is 0 Å². The van der Waals surface area contributed by atoms with Crippen molar-refractivity contribution in [3.8, 4) is 0 Å². The molecule has 0 fully saturated rings. The average Bonchev–Trinajstić information content (AvgIpc) is 2.09. The van der Waals surface area contributed by atoms with Gasteiger partial charge < -0.3 is 11.5 Å². The molecule has 0 saturated carbocycles. The molecular weight excluding hydrogens is 191 g/mol. The molecule has 0 amide bonds. The highest BCUT2D eigenvalue weighted by molar-refractivity contribution is 6.31. The number of hydrogen-bond donors (Lipinski definition) is 2. The van der Waals surface area contributed by atoms with Gasteiger partial charge in [-0.05, 0) is 24.1 Å². The Morgan fingerprint density at radius 1 is 1.46 bits per heavy atom. The fourth-order valence-corrected chi connectivity index (χ4v) is 1.30. The van der Waals surface area contributed by atoms with Crippen molar-refractivity contribution in [2.24, 2.45) is 11.5 Å². The molecule has 2 nitrogen and oxygen atoms in total. The monoisotopic (exact) mass is 202 g/mol. The third-order valence-corrected chi connectivity index (χ3v) is 2.15. The molecule has 0 aromatic heterocycles. The summed E-state index contributed by atoms with van der Waals surface area (Å²) in [4.78, 5) is 0. The van der Waals surface area contributed by atoms with Crippen molar-refractivity contribution in [2.75, 3.05) is 6.54 Å². The predicted molar refractivity (Wildman–Crippen MR) is 52.1 cm³/mol. The Kier molecular flexibility index (Phi) is 3.66. The van der Waals surface area contributed by atoms with Gasteiger partial charge in [-0.25, -0.2) is 4.39 Å². The molecule has 4 N–H and O–H groups in total. The van der Waals surface area contributed by atoms with Crippen molar-refractivity contribution in [2.45, 2.75) is 12.5 Å².